The Morgan fingerprint density at radius 1 is 1.53 bits per heavy atom. The molecule has 2 N–H and O–H groups in total. The lowest BCUT2D eigenvalue weighted by atomic mass is 10.1. The Bertz CT molecular complexity index is 483. The van der Waals surface area contributed by atoms with Crippen LogP contribution in [0.5, 0.6) is 0 Å². The maximum absolute atomic E-state index is 11.5. The van der Waals surface area contributed by atoms with E-state index in [9.17, 15) is 9.59 Å². The van der Waals surface area contributed by atoms with Crippen LogP contribution in [0.2, 0.25) is 0 Å². The highest BCUT2D eigenvalue weighted by atomic mass is 16.3. The fourth-order valence-electron chi connectivity index (χ4n) is 1.79. The number of likely N-dealkylation sites (N-methyl/N-ethyl adjacent to an activating group) is 1. The van der Waals surface area contributed by atoms with E-state index in [1.54, 1.807) is 30.1 Å². The second kappa shape index (κ2) is 4.18. The van der Waals surface area contributed by atoms with E-state index in [4.69, 9.17) is 5.11 Å². The molecule has 2 amide bonds. The molecule has 1 unspecified atom stereocenters. The largest absolute Gasteiger partial charge is 0.384 e. The van der Waals surface area contributed by atoms with Crippen molar-refractivity contribution in [2.45, 2.75) is 19.4 Å². The first-order chi connectivity index (χ1) is 7.99. The molecule has 1 aromatic carbocycles. The fourth-order valence-corrected chi connectivity index (χ4v) is 1.79. The minimum atomic E-state index is -1.05. The summed E-state index contributed by atoms with van der Waals surface area (Å²) >= 11 is 0. The summed E-state index contributed by atoms with van der Waals surface area (Å²) in [5, 5.41) is 11.7. The molecule has 2 rings (SSSR count). The van der Waals surface area contributed by atoms with Gasteiger partial charge in [-0.1, -0.05) is 0 Å². The molecule has 0 spiro atoms. The van der Waals surface area contributed by atoms with Crippen molar-refractivity contribution in [3.8, 4) is 0 Å². The molecule has 0 aromatic heterocycles. The predicted octanol–water partition coefficient (Wildman–Crippen LogP) is 0.525. The first kappa shape index (κ1) is 11.6. The molecule has 0 aliphatic carbocycles. The summed E-state index contributed by atoms with van der Waals surface area (Å²) in [7, 11) is 1.72. The van der Waals surface area contributed by atoms with Crippen LogP contribution in [0.1, 0.15) is 12.5 Å². The van der Waals surface area contributed by atoms with Crippen LogP contribution in [0.25, 0.3) is 0 Å². The van der Waals surface area contributed by atoms with E-state index in [1.165, 1.54) is 6.92 Å². The van der Waals surface area contributed by atoms with Gasteiger partial charge in [0.1, 0.15) is 6.10 Å². The van der Waals surface area contributed by atoms with Gasteiger partial charge in [0.2, 0.25) is 5.91 Å². The summed E-state index contributed by atoms with van der Waals surface area (Å²) < 4.78 is 0. The van der Waals surface area contributed by atoms with E-state index in [-0.39, 0.29) is 5.91 Å². The van der Waals surface area contributed by atoms with Crippen LogP contribution in [0, 0.1) is 0 Å². The molecule has 1 aliphatic rings. The number of nitrogens with zero attached hydrogens (tertiary/aromatic N) is 1. The number of amides is 2. The summed E-state index contributed by atoms with van der Waals surface area (Å²) in [5.41, 5.74) is 2.35. The third-order valence-electron chi connectivity index (χ3n) is 2.80. The molecule has 0 bridgehead atoms. The van der Waals surface area contributed by atoms with E-state index in [0.29, 0.717) is 12.1 Å². The first-order valence-corrected chi connectivity index (χ1v) is 5.37. The molecule has 90 valence electrons. The quantitative estimate of drug-likeness (QED) is 0.784. The highest BCUT2D eigenvalue weighted by molar-refractivity contribution is 6.02. The van der Waals surface area contributed by atoms with Crippen molar-refractivity contribution < 1.29 is 14.7 Å². The topological polar surface area (TPSA) is 69.6 Å². The minimum absolute atomic E-state index is 0.0407. The summed E-state index contributed by atoms with van der Waals surface area (Å²) in [6, 6.07) is 5.27. The number of anilines is 2. The molecular weight excluding hydrogens is 220 g/mol. The first-order valence-electron chi connectivity index (χ1n) is 5.37. The molecule has 0 radical (unpaired) electrons. The smallest absolute Gasteiger partial charge is 0.252 e. The molecule has 0 saturated carbocycles. The van der Waals surface area contributed by atoms with Crippen LogP contribution in [0.4, 0.5) is 11.4 Å². The number of benzene rings is 1. The number of aliphatic hydroxyl groups is 1. The normalized spacial score (nSPS) is 15.7. The second-order valence-corrected chi connectivity index (χ2v) is 4.14. The zero-order valence-electron chi connectivity index (χ0n) is 9.73. The number of nitrogens with one attached hydrogen (secondary N) is 1. The average molecular weight is 234 g/mol. The lowest BCUT2D eigenvalue weighted by Crippen LogP contribution is -2.24. The molecule has 0 fully saturated rings. The van der Waals surface area contributed by atoms with Gasteiger partial charge in [0.05, 0.1) is 6.42 Å². The Kier molecular flexibility index (Phi) is 2.85. The van der Waals surface area contributed by atoms with Gasteiger partial charge in [-0.15, -0.1) is 0 Å². The van der Waals surface area contributed by atoms with Gasteiger partial charge in [-0.25, -0.2) is 0 Å². The van der Waals surface area contributed by atoms with Gasteiger partial charge >= 0.3 is 0 Å². The van der Waals surface area contributed by atoms with Crippen LogP contribution < -0.4 is 10.2 Å². The van der Waals surface area contributed by atoms with Crippen LogP contribution >= 0.6 is 0 Å². The molecule has 1 aliphatic heterocycles. The number of carbonyl (C=O) groups excluding carboxylic acids is 2. The third kappa shape index (κ3) is 2.14. The SMILES string of the molecule is CC(O)C(=O)Nc1ccc2c(c1)CC(=O)N2C. The number of hydrogen-bond donors (Lipinski definition) is 2. The Morgan fingerprint density at radius 3 is 2.88 bits per heavy atom. The predicted molar refractivity (Wildman–Crippen MR) is 63.9 cm³/mol. The zero-order valence-corrected chi connectivity index (χ0v) is 9.73. The summed E-state index contributed by atoms with van der Waals surface area (Å²) in [6.07, 6.45) is -0.697. The lowest BCUT2D eigenvalue weighted by molar-refractivity contribution is -0.123. The Balaban J connectivity index is 2.22. The van der Waals surface area contributed by atoms with E-state index >= 15 is 0 Å². The number of rotatable bonds is 2. The van der Waals surface area contributed by atoms with Crippen molar-refractivity contribution >= 4 is 23.2 Å². The third-order valence-corrected chi connectivity index (χ3v) is 2.80. The van der Waals surface area contributed by atoms with Gasteiger partial charge in [-0.05, 0) is 30.7 Å². The molecule has 1 aromatic rings. The molecular formula is C12H14N2O3. The van der Waals surface area contributed by atoms with Crippen molar-refractivity contribution in [3.63, 3.8) is 0 Å². The van der Waals surface area contributed by atoms with Gasteiger partial charge in [-0.3, -0.25) is 9.59 Å². The van der Waals surface area contributed by atoms with Crippen LogP contribution in [-0.4, -0.2) is 30.1 Å². The number of hydrogen-bond acceptors (Lipinski definition) is 3. The number of carbonyl (C=O) groups is 2. The molecule has 17 heavy (non-hydrogen) atoms. The maximum atomic E-state index is 11.5. The average Bonchev–Trinajstić information content (AvgIpc) is 2.54. The van der Waals surface area contributed by atoms with Crippen LogP contribution in [0.3, 0.4) is 0 Å². The molecule has 5 nitrogen and oxygen atoms in total. The monoisotopic (exact) mass is 234 g/mol. The van der Waals surface area contributed by atoms with Crippen molar-refractivity contribution in [2.75, 3.05) is 17.3 Å². The highest BCUT2D eigenvalue weighted by Gasteiger charge is 2.24. The molecule has 5 heteroatoms. The van der Waals surface area contributed by atoms with Crippen molar-refractivity contribution in [3.05, 3.63) is 23.8 Å². The van der Waals surface area contributed by atoms with Gasteiger partial charge in [0.15, 0.2) is 0 Å². The maximum Gasteiger partial charge on any atom is 0.252 e. The van der Waals surface area contributed by atoms with Crippen LogP contribution in [0.15, 0.2) is 18.2 Å². The molecule has 0 saturated heterocycles. The number of aliphatic hydroxyl groups excluding tert-OH is 1. The Morgan fingerprint density at radius 2 is 2.24 bits per heavy atom. The van der Waals surface area contributed by atoms with Gasteiger partial charge in [0.25, 0.3) is 5.91 Å². The van der Waals surface area contributed by atoms with Gasteiger partial charge < -0.3 is 15.3 Å². The Hall–Kier alpha value is -1.88. The molecule has 1 heterocycles. The number of fused-ring (bicyclic) bond motifs is 1. The fraction of sp³-hybridized carbons (Fsp3) is 0.333. The highest BCUT2D eigenvalue weighted by Crippen LogP contribution is 2.29. The standard InChI is InChI=1S/C12H14N2O3/c1-7(15)12(17)13-9-3-4-10-8(5-9)6-11(16)14(10)2/h3-5,7,15H,6H2,1-2H3,(H,13,17). The second-order valence-electron chi connectivity index (χ2n) is 4.14. The summed E-state index contributed by atoms with van der Waals surface area (Å²) in [4.78, 5) is 24.4. The van der Waals surface area contributed by atoms with E-state index < -0.39 is 12.0 Å². The van der Waals surface area contributed by atoms with Crippen molar-refractivity contribution in [1.82, 2.24) is 0 Å². The minimum Gasteiger partial charge on any atom is -0.384 e. The van der Waals surface area contributed by atoms with E-state index in [1.807, 2.05) is 0 Å². The lowest BCUT2D eigenvalue weighted by Gasteiger charge is -2.11. The summed E-state index contributed by atoms with van der Waals surface area (Å²) in [5.74, 6) is -0.415. The van der Waals surface area contributed by atoms with Crippen molar-refractivity contribution in [2.24, 2.45) is 0 Å². The molecule has 1 atom stereocenters. The van der Waals surface area contributed by atoms with Gasteiger partial charge in [0, 0.05) is 18.4 Å². The van der Waals surface area contributed by atoms with Gasteiger partial charge in [-0.2, -0.15) is 0 Å². The summed E-state index contributed by atoms with van der Waals surface area (Å²) in [6.45, 7) is 1.40. The zero-order chi connectivity index (χ0) is 12.6. The van der Waals surface area contributed by atoms with E-state index in [2.05, 4.69) is 5.32 Å². The van der Waals surface area contributed by atoms with E-state index in [0.717, 1.165) is 11.3 Å². The van der Waals surface area contributed by atoms with Crippen molar-refractivity contribution in [1.29, 1.82) is 0 Å². The van der Waals surface area contributed by atoms with Crippen LogP contribution in [-0.2, 0) is 16.0 Å². The Labute approximate surface area is 99.0 Å².